The first-order chi connectivity index (χ1) is 14.4. The molecule has 0 heterocycles. The zero-order valence-corrected chi connectivity index (χ0v) is 17.2. The van der Waals surface area contributed by atoms with Gasteiger partial charge in [0.05, 0.1) is 26.4 Å². The number of carbonyl (C=O) groups is 3. The number of carbonyl (C=O) groups excluding carboxylic acids is 3. The Balaban J connectivity index is 3.20. The Morgan fingerprint density at radius 3 is 2.27 bits per heavy atom. The van der Waals surface area contributed by atoms with Crippen molar-refractivity contribution in [3.8, 4) is 6.07 Å². The van der Waals surface area contributed by atoms with Crippen LogP contribution in [0.15, 0.2) is 65.9 Å². The van der Waals surface area contributed by atoms with Gasteiger partial charge in [-0.1, -0.05) is 36.4 Å². The molecule has 1 aromatic rings. The summed E-state index contributed by atoms with van der Waals surface area (Å²) < 4.78 is 14.0. The van der Waals surface area contributed by atoms with Gasteiger partial charge in [-0.05, 0) is 18.6 Å². The molecule has 158 valence electrons. The SMILES string of the molecule is CCOC(=O)/C=C/CN(C=C(C#N)C=C(C(=O)OC)C(=O)OC)Cc1ccccc1. The molecule has 0 radical (unpaired) electrons. The van der Waals surface area contributed by atoms with Crippen LogP contribution in [0.1, 0.15) is 12.5 Å². The Bertz CT molecular complexity index is 847. The van der Waals surface area contributed by atoms with Gasteiger partial charge in [-0.25, -0.2) is 14.4 Å². The molecule has 0 amide bonds. The van der Waals surface area contributed by atoms with Crippen molar-refractivity contribution in [1.29, 1.82) is 5.26 Å². The summed E-state index contributed by atoms with van der Waals surface area (Å²) in [5.74, 6) is -2.31. The maximum absolute atomic E-state index is 11.8. The number of hydrogen-bond acceptors (Lipinski definition) is 8. The smallest absolute Gasteiger partial charge is 0.345 e. The van der Waals surface area contributed by atoms with E-state index >= 15 is 0 Å². The van der Waals surface area contributed by atoms with E-state index in [1.807, 2.05) is 36.4 Å². The fourth-order valence-electron chi connectivity index (χ4n) is 2.33. The van der Waals surface area contributed by atoms with Gasteiger partial charge in [0, 0.05) is 25.4 Å². The van der Waals surface area contributed by atoms with Crippen molar-refractivity contribution in [3.05, 3.63) is 71.5 Å². The Kier molecular flexibility index (Phi) is 10.8. The number of methoxy groups -OCH3 is 2. The summed E-state index contributed by atoms with van der Waals surface area (Å²) in [4.78, 5) is 36.9. The number of esters is 3. The average molecular weight is 412 g/mol. The zero-order chi connectivity index (χ0) is 22.4. The second kappa shape index (κ2) is 13.3. The van der Waals surface area contributed by atoms with E-state index in [1.54, 1.807) is 17.9 Å². The lowest BCUT2D eigenvalue weighted by Crippen LogP contribution is -2.19. The van der Waals surface area contributed by atoms with Gasteiger partial charge in [-0.3, -0.25) is 0 Å². The molecule has 0 aliphatic rings. The lowest BCUT2D eigenvalue weighted by Gasteiger charge is -2.19. The molecule has 0 saturated heterocycles. The zero-order valence-electron chi connectivity index (χ0n) is 17.2. The maximum atomic E-state index is 11.8. The minimum Gasteiger partial charge on any atom is -0.465 e. The van der Waals surface area contributed by atoms with E-state index in [9.17, 15) is 19.6 Å². The number of ether oxygens (including phenoxy) is 3. The Morgan fingerprint density at radius 2 is 1.73 bits per heavy atom. The topological polar surface area (TPSA) is 106 Å². The molecule has 8 nitrogen and oxygen atoms in total. The van der Waals surface area contributed by atoms with Crippen LogP contribution < -0.4 is 0 Å². The molecule has 8 heteroatoms. The summed E-state index contributed by atoms with van der Waals surface area (Å²) in [6, 6.07) is 11.4. The van der Waals surface area contributed by atoms with Crippen LogP contribution in [0.5, 0.6) is 0 Å². The summed E-state index contributed by atoms with van der Waals surface area (Å²) in [6.07, 6.45) is 5.47. The highest BCUT2D eigenvalue weighted by molar-refractivity contribution is 6.14. The normalized spacial score (nSPS) is 10.7. The highest BCUT2D eigenvalue weighted by Crippen LogP contribution is 2.11. The van der Waals surface area contributed by atoms with Gasteiger partial charge >= 0.3 is 17.9 Å². The molecule has 0 aliphatic carbocycles. The predicted octanol–water partition coefficient (Wildman–Crippen LogP) is 2.29. The fraction of sp³-hybridized carbons (Fsp3) is 0.273. The second-order valence-corrected chi connectivity index (χ2v) is 5.81. The van der Waals surface area contributed by atoms with Crippen LogP contribution in [-0.4, -0.2) is 50.2 Å². The molecule has 1 rings (SSSR count). The van der Waals surface area contributed by atoms with E-state index in [1.165, 1.54) is 12.3 Å². The molecular formula is C22H24N2O6. The Hall–Kier alpha value is -3.86. The molecule has 0 saturated carbocycles. The van der Waals surface area contributed by atoms with Gasteiger partial charge in [-0.2, -0.15) is 5.26 Å². The van der Waals surface area contributed by atoms with E-state index in [0.717, 1.165) is 25.9 Å². The third-order valence-corrected chi connectivity index (χ3v) is 3.67. The monoisotopic (exact) mass is 412 g/mol. The van der Waals surface area contributed by atoms with Crippen molar-refractivity contribution in [3.63, 3.8) is 0 Å². The van der Waals surface area contributed by atoms with Crippen LogP contribution in [0.25, 0.3) is 0 Å². The van der Waals surface area contributed by atoms with Crippen LogP contribution in [0.2, 0.25) is 0 Å². The van der Waals surface area contributed by atoms with Gasteiger partial charge < -0.3 is 19.1 Å². The number of rotatable bonds is 10. The van der Waals surface area contributed by atoms with Gasteiger partial charge in [-0.15, -0.1) is 0 Å². The number of nitriles is 1. The first kappa shape index (κ1) is 24.2. The summed E-state index contributed by atoms with van der Waals surface area (Å²) in [6.45, 7) is 2.67. The number of nitrogens with zero attached hydrogens (tertiary/aromatic N) is 2. The molecule has 30 heavy (non-hydrogen) atoms. The molecule has 0 N–H and O–H groups in total. The standard InChI is InChI=1S/C22H24N2O6/c1-4-30-20(25)11-8-12-24(15-17-9-6-5-7-10-17)16-18(14-23)13-19(21(26)28-2)22(27)29-3/h5-11,13,16H,4,12,15H2,1-3H3/b11-8+,18-16?. The summed E-state index contributed by atoms with van der Waals surface area (Å²) in [7, 11) is 2.24. The van der Waals surface area contributed by atoms with Crippen molar-refractivity contribution in [1.82, 2.24) is 4.90 Å². The third kappa shape index (κ3) is 8.44. The van der Waals surface area contributed by atoms with Crippen molar-refractivity contribution in [2.75, 3.05) is 27.4 Å². The summed E-state index contributed by atoms with van der Waals surface area (Å²) in [5, 5.41) is 9.50. The van der Waals surface area contributed by atoms with Crippen LogP contribution in [-0.2, 0) is 35.1 Å². The van der Waals surface area contributed by atoms with Crippen molar-refractivity contribution in [2.45, 2.75) is 13.5 Å². The Morgan fingerprint density at radius 1 is 1.10 bits per heavy atom. The van der Waals surface area contributed by atoms with Crippen molar-refractivity contribution >= 4 is 17.9 Å². The largest absolute Gasteiger partial charge is 0.465 e. The van der Waals surface area contributed by atoms with E-state index in [-0.39, 0.29) is 18.7 Å². The first-order valence-electron chi connectivity index (χ1n) is 9.06. The lowest BCUT2D eigenvalue weighted by atomic mass is 10.1. The van der Waals surface area contributed by atoms with Gasteiger partial charge in [0.1, 0.15) is 11.6 Å². The maximum Gasteiger partial charge on any atom is 0.345 e. The summed E-state index contributed by atoms with van der Waals surface area (Å²) >= 11 is 0. The molecule has 1 aromatic carbocycles. The van der Waals surface area contributed by atoms with E-state index in [0.29, 0.717) is 6.54 Å². The van der Waals surface area contributed by atoms with E-state index in [4.69, 9.17) is 4.74 Å². The number of allylic oxidation sites excluding steroid dienone is 2. The fourth-order valence-corrected chi connectivity index (χ4v) is 2.33. The lowest BCUT2D eigenvalue weighted by molar-refractivity contribution is -0.144. The highest BCUT2D eigenvalue weighted by atomic mass is 16.5. The minimum absolute atomic E-state index is 0.0289. The van der Waals surface area contributed by atoms with Gasteiger partial charge in [0.2, 0.25) is 0 Å². The molecule has 0 unspecified atom stereocenters. The van der Waals surface area contributed by atoms with Crippen LogP contribution in [0.3, 0.4) is 0 Å². The molecule has 0 atom stereocenters. The summed E-state index contributed by atoms with van der Waals surface area (Å²) in [5.41, 5.74) is 0.580. The average Bonchev–Trinajstić information content (AvgIpc) is 2.76. The molecule has 0 bridgehead atoms. The van der Waals surface area contributed by atoms with Crippen LogP contribution >= 0.6 is 0 Å². The quantitative estimate of drug-likeness (QED) is 0.110. The van der Waals surface area contributed by atoms with Gasteiger partial charge in [0.15, 0.2) is 0 Å². The highest BCUT2D eigenvalue weighted by Gasteiger charge is 2.20. The minimum atomic E-state index is -0.917. The number of hydrogen-bond donors (Lipinski definition) is 0. The molecule has 0 aromatic heterocycles. The molecule has 0 aliphatic heterocycles. The van der Waals surface area contributed by atoms with E-state index in [2.05, 4.69) is 9.47 Å². The van der Waals surface area contributed by atoms with Crippen LogP contribution in [0, 0.1) is 11.3 Å². The van der Waals surface area contributed by atoms with Gasteiger partial charge in [0.25, 0.3) is 0 Å². The first-order valence-corrected chi connectivity index (χ1v) is 9.06. The Labute approximate surface area is 175 Å². The van der Waals surface area contributed by atoms with Crippen molar-refractivity contribution < 1.29 is 28.6 Å². The molecular weight excluding hydrogens is 388 g/mol. The van der Waals surface area contributed by atoms with E-state index < -0.39 is 23.5 Å². The molecule has 0 spiro atoms. The van der Waals surface area contributed by atoms with Crippen LogP contribution in [0.4, 0.5) is 0 Å². The second-order valence-electron chi connectivity index (χ2n) is 5.81. The third-order valence-electron chi connectivity index (χ3n) is 3.67. The van der Waals surface area contributed by atoms with Crippen molar-refractivity contribution in [2.24, 2.45) is 0 Å². The predicted molar refractivity (Wildman–Crippen MR) is 108 cm³/mol. The molecule has 0 fully saturated rings. The number of benzene rings is 1.